The smallest absolute Gasteiger partial charge is 0.279 e. The van der Waals surface area contributed by atoms with Crippen LogP contribution in [0.15, 0.2) is 42.5 Å². The van der Waals surface area contributed by atoms with Gasteiger partial charge in [0.15, 0.2) is 13.1 Å². The molecule has 0 bridgehead atoms. The van der Waals surface area contributed by atoms with Gasteiger partial charge in [-0.05, 0) is 18.2 Å². The van der Waals surface area contributed by atoms with Crippen LogP contribution in [0, 0.1) is 10.1 Å². The molecular weight excluding hydrogens is 380 g/mol. The topological polar surface area (TPSA) is 124 Å². The molecule has 0 aromatic heterocycles. The summed E-state index contributed by atoms with van der Waals surface area (Å²) >= 11 is 0. The van der Waals surface area contributed by atoms with Crippen molar-refractivity contribution in [2.24, 2.45) is 0 Å². The molecule has 3 N–H and O–H groups in total. The minimum atomic E-state index is -0.549. The Hall–Kier alpha value is -3.66. The number of nitro benzene ring substituents is 1. The highest BCUT2D eigenvalue weighted by atomic mass is 16.6. The highest BCUT2D eigenvalue weighted by molar-refractivity contribution is 5.94. The van der Waals surface area contributed by atoms with E-state index in [9.17, 15) is 19.7 Å². The van der Waals surface area contributed by atoms with Gasteiger partial charge in [0.25, 0.3) is 17.5 Å². The minimum absolute atomic E-state index is 0.0195. The first kappa shape index (κ1) is 21.6. The Morgan fingerprint density at radius 3 is 2.34 bits per heavy atom. The number of carbonyl (C=O) groups excluding carboxylic acids is 2. The predicted molar refractivity (Wildman–Crippen MR) is 107 cm³/mol. The van der Waals surface area contributed by atoms with Crippen LogP contribution in [-0.2, 0) is 9.59 Å². The van der Waals surface area contributed by atoms with E-state index >= 15 is 0 Å². The third-order valence-corrected chi connectivity index (χ3v) is 3.95. The average Bonchev–Trinajstić information content (AvgIpc) is 2.67. The van der Waals surface area contributed by atoms with E-state index in [1.165, 1.54) is 32.4 Å². The number of carbonyl (C=O) groups is 2. The zero-order chi connectivity index (χ0) is 21.4. The van der Waals surface area contributed by atoms with Crippen LogP contribution in [0.1, 0.15) is 0 Å². The number of nitrogens with zero attached hydrogens (tertiary/aromatic N) is 1. The number of nitro groups is 1. The third kappa shape index (κ3) is 6.47. The Morgan fingerprint density at radius 2 is 1.72 bits per heavy atom. The van der Waals surface area contributed by atoms with E-state index in [0.29, 0.717) is 22.0 Å². The second-order valence-corrected chi connectivity index (χ2v) is 6.28. The summed E-state index contributed by atoms with van der Waals surface area (Å²) < 4.78 is 10.2. The number of ether oxygens (including phenoxy) is 2. The van der Waals surface area contributed by atoms with Crippen molar-refractivity contribution in [2.45, 2.75) is 0 Å². The summed E-state index contributed by atoms with van der Waals surface area (Å²) in [5.74, 6) is 0.196. The van der Waals surface area contributed by atoms with E-state index in [4.69, 9.17) is 9.47 Å². The fourth-order valence-electron chi connectivity index (χ4n) is 2.61. The van der Waals surface area contributed by atoms with Crippen molar-refractivity contribution in [1.82, 2.24) is 0 Å². The van der Waals surface area contributed by atoms with Gasteiger partial charge in [0.05, 0.1) is 37.9 Å². The van der Waals surface area contributed by atoms with Crippen LogP contribution < -0.4 is 25.0 Å². The monoisotopic (exact) mass is 403 g/mol. The van der Waals surface area contributed by atoms with E-state index in [0.717, 1.165) is 0 Å². The van der Waals surface area contributed by atoms with Crippen LogP contribution in [0.3, 0.4) is 0 Å². The maximum absolute atomic E-state index is 12.3. The molecule has 0 aliphatic heterocycles. The molecule has 1 unspecified atom stereocenters. The number of likely N-dealkylation sites (N-methyl/N-ethyl adjacent to an activating group) is 1. The van der Waals surface area contributed by atoms with Crippen molar-refractivity contribution in [2.75, 3.05) is 45.0 Å². The lowest BCUT2D eigenvalue weighted by Gasteiger charge is -2.15. The zero-order valence-corrected chi connectivity index (χ0v) is 16.4. The summed E-state index contributed by atoms with van der Waals surface area (Å²) in [4.78, 5) is 35.4. The van der Waals surface area contributed by atoms with Gasteiger partial charge in [-0.3, -0.25) is 19.7 Å². The van der Waals surface area contributed by atoms with Crippen LogP contribution in [0.25, 0.3) is 0 Å². The zero-order valence-electron chi connectivity index (χ0n) is 16.4. The highest BCUT2D eigenvalue weighted by Crippen LogP contribution is 2.28. The molecule has 10 nitrogen and oxygen atoms in total. The Bertz CT molecular complexity index is 902. The summed E-state index contributed by atoms with van der Waals surface area (Å²) in [6.07, 6.45) is 0. The SMILES string of the molecule is COc1cccc(NC(=O)C[NH+](C)CC(=O)Nc2ccc([N+](=O)[O-])cc2OC)c1. The van der Waals surface area contributed by atoms with Crippen molar-refractivity contribution in [3.63, 3.8) is 0 Å². The molecule has 2 rings (SSSR count). The summed E-state index contributed by atoms with van der Waals surface area (Å²) in [6.45, 7) is 0.0910. The summed E-state index contributed by atoms with van der Waals surface area (Å²) in [6, 6.07) is 10.9. The molecule has 0 radical (unpaired) electrons. The molecule has 10 heteroatoms. The molecule has 0 fully saturated rings. The summed E-state index contributed by atoms with van der Waals surface area (Å²) in [5.41, 5.74) is 0.774. The van der Waals surface area contributed by atoms with Crippen LogP contribution >= 0.6 is 0 Å². The molecule has 1 atom stereocenters. The van der Waals surface area contributed by atoms with Crippen LogP contribution in [0.5, 0.6) is 11.5 Å². The third-order valence-electron chi connectivity index (χ3n) is 3.95. The number of non-ortho nitro benzene ring substituents is 1. The normalized spacial score (nSPS) is 11.3. The van der Waals surface area contributed by atoms with E-state index in [1.807, 2.05) is 0 Å². The molecular formula is C19H23N4O6+. The summed E-state index contributed by atoms with van der Waals surface area (Å²) in [5, 5.41) is 16.2. The molecule has 0 spiro atoms. The lowest BCUT2D eigenvalue weighted by atomic mass is 10.2. The Kier molecular flexibility index (Phi) is 7.49. The number of benzene rings is 2. The first-order chi connectivity index (χ1) is 13.8. The highest BCUT2D eigenvalue weighted by Gasteiger charge is 2.17. The van der Waals surface area contributed by atoms with E-state index in [2.05, 4.69) is 10.6 Å². The lowest BCUT2D eigenvalue weighted by molar-refractivity contribution is -0.862. The second-order valence-electron chi connectivity index (χ2n) is 6.28. The predicted octanol–water partition coefficient (Wildman–Crippen LogP) is 0.704. The Balaban J connectivity index is 1.90. The number of rotatable bonds is 9. The summed E-state index contributed by atoms with van der Waals surface area (Å²) in [7, 11) is 4.60. The van der Waals surface area contributed by atoms with Gasteiger partial charge in [-0.1, -0.05) is 6.07 Å². The second kappa shape index (κ2) is 10.0. The van der Waals surface area contributed by atoms with Crippen LogP contribution in [0.2, 0.25) is 0 Å². The van der Waals surface area contributed by atoms with Crippen LogP contribution in [-0.4, -0.2) is 51.1 Å². The van der Waals surface area contributed by atoms with E-state index in [1.54, 1.807) is 31.3 Å². The maximum Gasteiger partial charge on any atom is 0.279 e. The Labute approximate surface area is 167 Å². The molecule has 0 heterocycles. The largest absolute Gasteiger partial charge is 0.497 e. The van der Waals surface area contributed by atoms with Crippen molar-refractivity contribution in [3.8, 4) is 11.5 Å². The molecule has 154 valence electrons. The van der Waals surface area contributed by atoms with Gasteiger partial charge in [-0.15, -0.1) is 0 Å². The van der Waals surface area contributed by atoms with Crippen molar-refractivity contribution in [1.29, 1.82) is 0 Å². The lowest BCUT2D eigenvalue weighted by Crippen LogP contribution is -3.11. The molecule has 0 aliphatic carbocycles. The van der Waals surface area contributed by atoms with Crippen molar-refractivity contribution < 1.29 is 28.9 Å². The van der Waals surface area contributed by atoms with Crippen LogP contribution in [0.4, 0.5) is 17.1 Å². The Morgan fingerprint density at radius 1 is 1.03 bits per heavy atom. The first-order valence-corrected chi connectivity index (χ1v) is 8.70. The maximum atomic E-state index is 12.3. The average molecular weight is 403 g/mol. The van der Waals surface area contributed by atoms with Gasteiger partial charge in [0.1, 0.15) is 11.5 Å². The number of amides is 2. The molecule has 0 saturated heterocycles. The number of nitrogens with one attached hydrogen (secondary N) is 3. The van der Waals surface area contributed by atoms with Gasteiger partial charge >= 0.3 is 0 Å². The standard InChI is InChI=1S/C19H22N4O6/c1-22(11-18(24)20-13-5-4-6-15(9-13)28-2)12-19(25)21-16-8-7-14(23(26)27)10-17(16)29-3/h4-10H,11-12H2,1-3H3,(H,20,24)(H,21,25)/p+1. The fraction of sp³-hybridized carbons (Fsp3) is 0.263. The number of anilines is 2. The number of hydrogen-bond donors (Lipinski definition) is 3. The number of quaternary nitrogens is 1. The van der Waals surface area contributed by atoms with Crippen molar-refractivity contribution in [3.05, 3.63) is 52.6 Å². The number of hydrogen-bond acceptors (Lipinski definition) is 6. The quantitative estimate of drug-likeness (QED) is 0.418. The molecule has 0 aliphatic rings. The van der Waals surface area contributed by atoms with Gasteiger partial charge < -0.3 is 25.0 Å². The fourth-order valence-corrected chi connectivity index (χ4v) is 2.61. The molecule has 2 amide bonds. The van der Waals surface area contributed by atoms with Crippen molar-refractivity contribution >= 4 is 28.9 Å². The first-order valence-electron chi connectivity index (χ1n) is 8.70. The molecule has 2 aromatic rings. The van der Waals surface area contributed by atoms with Gasteiger partial charge in [-0.25, -0.2) is 0 Å². The van der Waals surface area contributed by atoms with Gasteiger partial charge in [-0.2, -0.15) is 0 Å². The molecule has 2 aromatic carbocycles. The van der Waals surface area contributed by atoms with E-state index in [-0.39, 0.29) is 36.3 Å². The van der Waals surface area contributed by atoms with Gasteiger partial charge in [0.2, 0.25) is 0 Å². The molecule has 0 saturated carbocycles. The van der Waals surface area contributed by atoms with Gasteiger partial charge in [0, 0.05) is 17.8 Å². The minimum Gasteiger partial charge on any atom is -0.497 e. The van der Waals surface area contributed by atoms with E-state index < -0.39 is 4.92 Å². The number of methoxy groups -OCH3 is 2. The molecule has 29 heavy (non-hydrogen) atoms.